The van der Waals surface area contributed by atoms with Gasteiger partial charge in [-0.2, -0.15) is 17.6 Å². The molecule has 7 nitrogen and oxygen atoms in total. The lowest BCUT2D eigenvalue weighted by molar-refractivity contribution is -0.253. The highest BCUT2D eigenvalue weighted by Gasteiger charge is 2.44. The Labute approximate surface area is 346 Å². The molecule has 0 bridgehead atoms. The average Bonchev–Trinajstić information content (AvgIpc) is 3.51. The number of ether oxygens (including phenoxy) is 2. The maximum atomic E-state index is 14.5. The normalized spacial score (nSPS) is 14.0. The first-order valence-electron chi connectivity index (χ1n) is 19.9. The summed E-state index contributed by atoms with van der Waals surface area (Å²) < 4.78 is 65.3. The smallest absolute Gasteiger partial charge is 0.428 e. The first kappa shape index (κ1) is 43.6. The molecule has 0 fully saturated rings. The molecule has 0 radical (unpaired) electrons. The molecule has 0 aliphatic carbocycles. The van der Waals surface area contributed by atoms with Gasteiger partial charge >= 0.3 is 12.5 Å². The third-order valence-electron chi connectivity index (χ3n) is 10.9. The molecule has 0 saturated heterocycles. The van der Waals surface area contributed by atoms with Gasteiger partial charge in [0.05, 0.1) is 17.1 Å². The molecule has 0 amide bonds. The molecular formula is C47H49ClF4N2O5. The van der Waals surface area contributed by atoms with Crippen LogP contribution in [0.5, 0.6) is 5.75 Å². The summed E-state index contributed by atoms with van der Waals surface area (Å²) in [5, 5.41) is 17.6. The molecule has 0 saturated carbocycles. The third kappa shape index (κ3) is 9.27. The standard InChI is InChI=1S/C47H49ClF4N2O5/c1-7-9-12-30(8-2)25-54-42-20-17-32(43(53-59-29(5)55)37-21-31(16-15-27(37)3)28(4)26-57-6)22-38(42)39-24-40(34-13-10-11-14-35(34)44(39)54)45(56)36-19-18-33(23-41(36)48)58-47(51,52)46(49)50/h10-11,13-24,28-30,46,55H,7-9,12,25-26H2,1-6H3/b53-43-. The SMILES string of the molecule is CCCCC(CC)Cn1c2ccc(/C(=N/OC(C)O)c3cc(C(C)COC)ccc3C)cc2c2cc(C(=O)c3ccc(OC(F)(F)C(F)F)cc3Cl)c3ccccc3c21. The monoisotopic (exact) mass is 832 g/mol. The predicted molar refractivity (Wildman–Crippen MR) is 227 cm³/mol. The molecule has 59 heavy (non-hydrogen) atoms. The first-order valence-corrected chi connectivity index (χ1v) is 20.3. The number of carbonyl (C=O) groups excluding carboxylic acids is 1. The van der Waals surface area contributed by atoms with E-state index in [0.29, 0.717) is 29.2 Å². The second-order valence-corrected chi connectivity index (χ2v) is 15.5. The number of rotatable bonds is 18. The molecule has 3 unspecified atom stereocenters. The van der Waals surface area contributed by atoms with Gasteiger partial charge in [-0.05, 0) is 78.2 Å². The summed E-state index contributed by atoms with van der Waals surface area (Å²) in [5.74, 6) is -0.622. The lowest BCUT2D eigenvalue weighted by atomic mass is 9.91. The van der Waals surface area contributed by atoms with E-state index in [4.69, 9.17) is 21.2 Å². The highest BCUT2D eigenvalue weighted by molar-refractivity contribution is 6.36. The zero-order chi connectivity index (χ0) is 42.6. The summed E-state index contributed by atoms with van der Waals surface area (Å²) in [6.07, 6.45) is -5.79. The molecule has 6 aromatic rings. The number of fused-ring (bicyclic) bond motifs is 5. The Hall–Kier alpha value is -4.97. The minimum atomic E-state index is -4.74. The number of nitrogens with zero attached hydrogens (tertiary/aromatic N) is 2. The van der Waals surface area contributed by atoms with E-state index < -0.39 is 30.4 Å². The minimum absolute atomic E-state index is 0.0123. The largest absolute Gasteiger partial charge is 0.461 e. The van der Waals surface area contributed by atoms with Crippen molar-refractivity contribution in [2.24, 2.45) is 11.1 Å². The van der Waals surface area contributed by atoms with E-state index in [0.717, 1.165) is 93.8 Å². The third-order valence-corrected chi connectivity index (χ3v) is 11.2. The van der Waals surface area contributed by atoms with Crippen molar-refractivity contribution >= 4 is 55.7 Å². The quantitative estimate of drug-likeness (QED) is 0.0307. The number of hydrogen-bond acceptors (Lipinski definition) is 6. The fourth-order valence-corrected chi connectivity index (χ4v) is 7.94. The van der Waals surface area contributed by atoms with Crippen molar-refractivity contribution in [1.29, 1.82) is 0 Å². The Morgan fingerprint density at radius 3 is 2.31 bits per heavy atom. The molecule has 0 spiro atoms. The number of ketones is 1. The maximum Gasteiger partial charge on any atom is 0.461 e. The van der Waals surface area contributed by atoms with Crippen LogP contribution in [0.4, 0.5) is 17.6 Å². The summed E-state index contributed by atoms with van der Waals surface area (Å²) in [6.45, 7) is 11.2. The van der Waals surface area contributed by atoms with E-state index in [1.165, 1.54) is 13.0 Å². The van der Waals surface area contributed by atoms with Gasteiger partial charge in [-0.1, -0.05) is 99.3 Å². The number of alkyl halides is 4. The maximum absolute atomic E-state index is 14.5. The van der Waals surface area contributed by atoms with Crippen LogP contribution in [-0.4, -0.2) is 53.7 Å². The van der Waals surface area contributed by atoms with Gasteiger partial charge in [0, 0.05) is 70.4 Å². The topological polar surface area (TPSA) is 82.3 Å². The number of benzene rings is 5. The molecule has 0 aliphatic rings. The van der Waals surface area contributed by atoms with Gasteiger partial charge in [0.25, 0.3) is 0 Å². The van der Waals surface area contributed by atoms with Gasteiger partial charge in [-0.15, -0.1) is 0 Å². The highest BCUT2D eigenvalue weighted by Crippen LogP contribution is 2.40. The number of aliphatic hydroxyl groups excluding tert-OH is 1. The van der Waals surface area contributed by atoms with Crippen LogP contribution in [0, 0.1) is 12.8 Å². The van der Waals surface area contributed by atoms with Gasteiger partial charge < -0.3 is 24.0 Å². The van der Waals surface area contributed by atoms with Crippen LogP contribution in [0.25, 0.3) is 32.6 Å². The number of halogens is 5. The first-order chi connectivity index (χ1) is 28.2. The van der Waals surface area contributed by atoms with E-state index >= 15 is 0 Å². The number of carbonyl (C=O) groups is 1. The minimum Gasteiger partial charge on any atom is -0.428 e. The molecule has 6 rings (SSSR count). The molecule has 3 atom stereocenters. The van der Waals surface area contributed by atoms with E-state index in [-0.39, 0.29) is 16.5 Å². The average molecular weight is 833 g/mol. The Bertz CT molecular complexity index is 2500. The number of unbranched alkanes of at least 4 members (excludes halogenated alkanes) is 1. The molecule has 5 aromatic carbocycles. The number of oxime groups is 1. The zero-order valence-electron chi connectivity index (χ0n) is 34.0. The van der Waals surface area contributed by atoms with Crippen LogP contribution in [0.3, 0.4) is 0 Å². The molecule has 1 aromatic heterocycles. The fourth-order valence-electron chi connectivity index (χ4n) is 7.69. The van der Waals surface area contributed by atoms with E-state index in [1.807, 2.05) is 55.5 Å². The van der Waals surface area contributed by atoms with Gasteiger partial charge in [-0.3, -0.25) is 4.79 Å². The number of aromatic nitrogens is 1. The van der Waals surface area contributed by atoms with Crippen LogP contribution >= 0.6 is 11.6 Å². The molecule has 1 heterocycles. The Balaban J connectivity index is 1.60. The number of methoxy groups -OCH3 is 1. The predicted octanol–water partition coefficient (Wildman–Crippen LogP) is 12.5. The lowest BCUT2D eigenvalue weighted by Crippen LogP contribution is -2.33. The highest BCUT2D eigenvalue weighted by atomic mass is 35.5. The Morgan fingerprint density at radius 1 is 0.898 bits per heavy atom. The Morgan fingerprint density at radius 2 is 1.64 bits per heavy atom. The second-order valence-electron chi connectivity index (χ2n) is 15.1. The number of aliphatic hydroxyl groups is 1. The van der Waals surface area contributed by atoms with Gasteiger partial charge in [0.1, 0.15) is 11.5 Å². The zero-order valence-corrected chi connectivity index (χ0v) is 34.8. The van der Waals surface area contributed by atoms with Crippen LogP contribution in [0.15, 0.2) is 90.1 Å². The molecule has 312 valence electrons. The van der Waals surface area contributed by atoms with Gasteiger partial charge in [0.2, 0.25) is 6.29 Å². The lowest BCUT2D eigenvalue weighted by Gasteiger charge is -2.19. The fraction of sp³-hybridized carbons (Fsp3) is 0.362. The summed E-state index contributed by atoms with van der Waals surface area (Å²) in [7, 11) is 1.66. The van der Waals surface area contributed by atoms with Gasteiger partial charge in [-0.25, -0.2) is 0 Å². The summed E-state index contributed by atoms with van der Waals surface area (Å²) in [4.78, 5) is 20.0. The summed E-state index contributed by atoms with van der Waals surface area (Å²) >= 11 is 6.51. The van der Waals surface area contributed by atoms with Crippen molar-refractivity contribution in [3.8, 4) is 5.75 Å². The van der Waals surface area contributed by atoms with E-state index in [2.05, 4.69) is 53.4 Å². The van der Waals surface area contributed by atoms with Crippen molar-refractivity contribution in [2.75, 3.05) is 13.7 Å². The van der Waals surface area contributed by atoms with Crippen molar-refractivity contribution in [3.05, 3.63) is 123 Å². The summed E-state index contributed by atoms with van der Waals surface area (Å²) in [5.41, 5.74) is 6.22. The van der Waals surface area contributed by atoms with Crippen molar-refractivity contribution in [2.45, 2.75) is 91.6 Å². The van der Waals surface area contributed by atoms with E-state index in [1.54, 1.807) is 7.11 Å². The molecule has 0 aliphatic heterocycles. The van der Waals surface area contributed by atoms with E-state index in [9.17, 15) is 27.5 Å². The van der Waals surface area contributed by atoms with Crippen LogP contribution < -0.4 is 4.74 Å². The van der Waals surface area contributed by atoms with Gasteiger partial charge in [0.15, 0.2) is 5.78 Å². The summed E-state index contributed by atoms with van der Waals surface area (Å²) in [6, 6.07) is 24.8. The molecule has 12 heteroatoms. The molecular weight excluding hydrogens is 784 g/mol. The molecule has 1 N–H and O–H groups in total. The van der Waals surface area contributed by atoms with Crippen LogP contribution in [-0.2, 0) is 16.1 Å². The van der Waals surface area contributed by atoms with Crippen LogP contribution in [0.2, 0.25) is 5.02 Å². The van der Waals surface area contributed by atoms with Crippen molar-refractivity contribution in [3.63, 3.8) is 0 Å². The van der Waals surface area contributed by atoms with Crippen LogP contribution in [0.1, 0.15) is 97.5 Å². The second kappa shape index (κ2) is 18.5. The Kier molecular flexibility index (Phi) is 13.7. The number of aryl methyl sites for hydroxylation is 1. The van der Waals surface area contributed by atoms with Crippen molar-refractivity contribution in [1.82, 2.24) is 4.57 Å². The van der Waals surface area contributed by atoms with Crippen molar-refractivity contribution < 1.29 is 41.8 Å². The number of hydrogen-bond donors (Lipinski definition) is 1.